The minimum atomic E-state index is -3.71. The number of aliphatic hydroxyl groups excluding tert-OH is 1. The summed E-state index contributed by atoms with van der Waals surface area (Å²) in [6.07, 6.45) is 1.92. The summed E-state index contributed by atoms with van der Waals surface area (Å²) in [5.41, 5.74) is -0.128. The number of nitro groups is 1. The van der Waals surface area contributed by atoms with Crippen molar-refractivity contribution in [3.05, 3.63) is 28.3 Å². The Balaban J connectivity index is 2.32. The number of benzene rings is 1. The van der Waals surface area contributed by atoms with E-state index in [9.17, 15) is 23.6 Å². The van der Waals surface area contributed by atoms with Gasteiger partial charge in [-0.05, 0) is 31.9 Å². The molecule has 2 rings (SSSR count). The third-order valence-corrected chi connectivity index (χ3v) is 5.60. The topological polar surface area (TPSA) is 113 Å². The van der Waals surface area contributed by atoms with Crippen molar-refractivity contribution in [3.8, 4) is 0 Å². The number of rotatable bonds is 6. The number of anilines is 1. The predicted molar refractivity (Wildman–Crippen MR) is 85.9 cm³/mol. The molecule has 8 nitrogen and oxygen atoms in total. The summed E-state index contributed by atoms with van der Waals surface area (Å²) in [5.74, 6) is 0. The van der Waals surface area contributed by atoms with Crippen molar-refractivity contribution >= 4 is 21.4 Å². The standard InChI is InChI=1S/C14H21N3O5S/c1-11(18)10-15-13-6-5-12(9-14(13)17(19)20)23(21,22)16-7-3-2-4-8-16/h5-6,9,11,15,18H,2-4,7-8,10H2,1H3/t11-/m0/s1. The SMILES string of the molecule is C[C@H](O)CNc1ccc(S(=O)(=O)N2CCCCC2)cc1[N+](=O)[O-]. The van der Waals surface area contributed by atoms with Gasteiger partial charge in [0.2, 0.25) is 10.0 Å². The third-order valence-electron chi connectivity index (χ3n) is 3.71. The summed E-state index contributed by atoms with van der Waals surface area (Å²) in [4.78, 5) is 10.5. The van der Waals surface area contributed by atoms with Crippen LogP contribution in [0, 0.1) is 10.1 Å². The Bertz CT molecular complexity index is 669. The Morgan fingerprint density at radius 1 is 1.35 bits per heavy atom. The number of nitro benzene ring substituents is 1. The molecule has 9 heteroatoms. The molecule has 0 bridgehead atoms. The first-order chi connectivity index (χ1) is 10.8. The first-order valence-corrected chi connectivity index (χ1v) is 8.97. The summed E-state index contributed by atoms with van der Waals surface area (Å²) in [5, 5.41) is 23.2. The number of aliphatic hydroxyl groups is 1. The van der Waals surface area contributed by atoms with Crippen molar-refractivity contribution in [2.24, 2.45) is 0 Å². The van der Waals surface area contributed by atoms with E-state index in [2.05, 4.69) is 5.32 Å². The molecule has 128 valence electrons. The second-order valence-electron chi connectivity index (χ2n) is 5.63. The van der Waals surface area contributed by atoms with Gasteiger partial charge in [0.15, 0.2) is 0 Å². The molecule has 0 saturated carbocycles. The predicted octanol–water partition coefficient (Wildman–Crippen LogP) is 1.56. The van der Waals surface area contributed by atoms with Gasteiger partial charge in [0.05, 0.1) is 15.9 Å². The molecule has 1 aliphatic heterocycles. The van der Waals surface area contributed by atoms with Gasteiger partial charge in [-0.25, -0.2) is 8.42 Å². The normalized spacial score (nSPS) is 17.7. The maximum atomic E-state index is 12.6. The first-order valence-electron chi connectivity index (χ1n) is 7.53. The minimum Gasteiger partial charge on any atom is -0.392 e. The summed E-state index contributed by atoms with van der Waals surface area (Å²) in [7, 11) is -3.71. The second-order valence-corrected chi connectivity index (χ2v) is 7.57. The number of piperidine rings is 1. The molecule has 0 radical (unpaired) electrons. The van der Waals surface area contributed by atoms with Gasteiger partial charge in [-0.2, -0.15) is 4.31 Å². The van der Waals surface area contributed by atoms with E-state index in [0.717, 1.165) is 25.3 Å². The van der Waals surface area contributed by atoms with Gasteiger partial charge in [0, 0.05) is 25.7 Å². The van der Waals surface area contributed by atoms with Crippen molar-refractivity contribution in [3.63, 3.8) is 0 Å². The zero-order valence-corrected chi connectivity index (χ0v) is 13.8. The summed E-state index contributed by atoms with van der Waals surface area (Å²) in [6.45, 7) is 2.57. The fourth-order valence-corrected chi connectivity index (χ4v) is 4.02. The van der Waals surface area contributed by atoms with Crippen molar-refractivity contribution in [1.82, 2.24) is 4.31 Å². The molecular weight excluding hydrogens is 322 g/mol. The molecule has 1 heterocycles. The highest BCUT2D eigenvalue weighted by Gasteiger charge is 2.28. The molecule has 1 atom stereocenters. The van der Waals surface area contributed by atoms with Crippen LogP contribution in [0.1, 0.15) is 26.2 Å². The maximum Gasteiger partial charge on any atom is 0.293 e. The Morgan fingerprint density at radius 2 is 2.00 bits per heavy atom. The van der Waals surface area contributed by atoms with E-state index >= 15 is 0 Å². The van der Waals surface area contributed by atoms with Crippen LogP contribution in [-0.4, -0.2) is 48.5 Å². The second kappa shape index (κ2) is 7.24. The Morgan fingerprint density at radius 3 is 2.57 bits per heavy atom. The number of hydrogen-bond donors (Lipinski definition) is 2. The Kier molecular flexibility index (Phi) is 5.55. The van der Waals surface area contributed by atoms with E-state index in [0.29, 0.717) is 13.1 Å². The van der Waals surface area contributed by atoms with Gasteiger partial charge in [0.1, 0.15) is 5.69 Å². The van der Waals surface area contributed by atoms with Crippen LogP contribution < -0.4 is 5.32 Å². The third kappa shape index (κ3) is 4.18. The van der Waals surface area contributed by atoms with Crippen LogP contribution in [0.5, 0.6) is 0 Å². The van der Waals surface area contributed by atoms with E-state index in [1.165, 1.54) is 16.4 Å². The molecule has 0 unspecified atom stereocenters. The average molecular weight is 343 g/mol. The van der Waals surface area contributed by atoms with Gasteiger partial charge in [-0.1, -0.05) is 6.42 Å². The quantitative estimate of drug-likeness (QED) is 0.599. The van der Waals surface area contributed by atoms with Crippen molar-refractivity contribution in [1.29, 1.82) is 0 Å². The molecule has 1 saturated heterocycles. The van der Waals surface area contributed by atoms with Gasteiger partial charge in [0.25, 0.3) is 5.69 Å². The van der Waals surface area contributed by atoms with Crippen LogP contribution in [0.2, 0.25) is 0 Å². The van der Waals surface area contributed by atoms with E-state index < -0.39 is 21.1 Å². The molecule has 0 aliphatic carbocycles. The zero-order valence-electron chi connectivity index (χ0n) is 12.9. The van der Waals surface area contributed by atoms with Crippen LogP contribution in [0.3, 0.4) is 0 Å². The van der Waals surface area contributed by atoms with E-state index in [1.807, 2.05) is 0 Å². The summed E-state index contributed by atoms with van der Waals surface area (Å²) >= 11 is 0. The molecule has 1 aromatic carbocycles. The van der Waals surface area contributed by atoms with Crippen LogP contribution in [-0.2, 0) is 10.0 Å². The van der Waals surface area contributed by atoms with Crippen molar-refractivity contribution in [2.45, 2.75) is 37.2 Å². The number of nitrogens with zero attached hydrogens (tertiary/aromatic N) is 2. The Hall–Kier alpha value is -1.71. The van der Waals surface area contributed by atoms with Crippen molar-refractivity contribution in [2.75, 3.05) is 25.0 Å². The van der Waals surface area contributed by atoms with Gasteiger partial charge in [-0.3, -0.25) is 10.1 Å². The number of hydrogen-bond acceptors (Lipinski definition) is 6. The number of nitrogens with one attached hydrogen (secondary N) is 1. The van der Waals surface area contributed by atoms with Crippen LogP contribution in [0.4, 0.5) is 11.4 Å². The molecule has 1 aliphatic rings. The fourth-order valence-electron chi connectivity index (χ4n) is 2.48. The van der Waals surface area contributed by atoms with E-state index in [-0.39, 0.29) is 22.8 Å². The average Bonchev–Trinajstić information content (AvgIpc) is 2.53. The van der Waals surface area contributed by atoms with E-state index in [1.54, 1.807) is 6.92 Å². The highest BCUT2D eigenvalue weighted by atomic mass is 32.2. The van der Waals surface area contributed by atoms with Gasteiger partial charge >= 0.3 is 0 Å². The molecule has 0 spiro atoms. The Labute approximate surface area is 135 Å². The van der Waals surface area contributed by atoms with Crippen molar-refractivity contribution < 1.29 is 18.4 Å². The van der Waals surface area contributed by atoms with Gasteiger partial charge < -0.3 is 10.4 Å². The molecule has 1 aromatic rings. The zero-order chi connectivity index (χ0) is 17.0. The summed E-state index contributed by atoms with van der Waals surface area (Å²) in [6, 6.07) is 3.81. The summed E-state index contributed by atoms with van der Waals surface area (Å²) < 4.78 is 26.5. The maximum absolute atomic E-state index is 12.6. The molecule has 0 amide bonds. The lowest BCUT2D eigenvalue weighted by Crippen LogP contribution is -2.35. The van der Waals surface area contributed by atoms with Gasteiger partial charge in [-0.15, -0.1) is 0 Å². The van der Waals surface area contributed by atoms with Crippen LogP contribution in [0.25, 0.3) is 0 Å². The molecular formula is C14H21N3O5S. The molecule has 1 fully saturated rings. The minimum absolute atomic E-state index is 0.0753. The van der Waals surface area contributed by atoms with E-state index in [4.69, 9.17) is 0 Å². The molecule has 23 heavy (non-hydrogen) atoms. The number of sulfonamides is 1. The fraction of sp³-hybridized carbons (Fsp3) is 0.571. The largest absolute Gasteiger partial charge is 0.392 e. The highest BCUT2D eigenvalue weighted by Crippen LogP contribution is 2.29. The first kappa shape index (κ1) is 17.6. The smallest absolute Gasteiger partial charge is 0.293 e. The molecule has 0 aromatic heterocycles. The lowest BCUT2D eigenvalue weighted by atomic mass is 10.2. The lowest BCUT2D eigenvalue weighted by molar-refractivity contribution is -0.384. The highest BCUT2D eigenvalue weighted by molar-refractivity contribution is 7.89. The monoisotopic (exact) mass is 343 g/mol. The molecule has 2 N–H and O–H groups in total. The van der Waals surface area contributed by atoms with Crippen LogP contribution in [0.15, 0.2) is 23.1 Å². The lowest BCUT2D eigenvalue weighted by Gasteiger charge is -2.25. The van der Waals surface area contributed by atoms with Crippen LogP contribution >= 0.6 is 0 Å².